The van der Waals surface area contributed by atoms with Gasteiger partial charge >= 0.3 is 0 Å². The average molecular weight is 279 g/mol. The maximum atomic E-state index is 12.3. The van der Waals surface area contributed by atoms with Crippen LogP contribution in [0.5, 0.6) is 0 Å². The van der Waals surface area contributed by atoms with Gasteiger partial charge in [-0.3, -0.25) is 4.79 Å². The molecule has 1 heterocycles. The molecule has 100 valence electrons. The number of halogens is 1. The molecule has 0 bridgehead atoms. The molecule has 1 aliphatic heterocycles. The predicted octanol–water partition coefficient (Wildman–Crippen LogP) is 1.89. The van der Waals surface area contributed by atoms with Gasteiger partial charge in [0.05, 0.1) is 0 Å². The summed E-state index contributed by atoms with van der Waals surface area (Å²) in [5.41, 5.74) is 5.95. The minimum atomic E-state index is 0. The normalized spacial score (nSPS) is 30.3. The van der Waals surface area contributed by atoms with E-state index in [-0.39, 0.29) is 24.4 Å². The molecule has 2 rings (SSSR count). The molecule has 0 radical (unpaired) electrons. The van der Waals surface area contributed by atoms with Crippen molar-refractivity contribution in [2.75, 3.05) is 24.6 Å². The summed E-state index contributed by atoms with van der Waals surface area (Å²) >= 11 is 1.97. The maximum Gasteiger partial charge on any atom is 0.225 e. The van der Waals surface area contributed by atoms with Crippen LogP contribution in [0.1, 0.15) is 32.1 Å². The number of hydrogen-bond acceptors (Lipinski definition) is 3. The molecule has 2 fully saturated rings. The lowest BCUT2D eigenvalue weighted by Crippen LogP contribution is -2.41. The van der Waals surface area contributed by atoms with Gasteiger partial charge in [0.25, 0.3) is 0 Å². The first-order valence-electron chi connectivity index (χ1n) is 6.39. The van der Waals surface area contributed by atoms with Crippen molar-refractivity contribution < 1.29 is 4.79 Å². The molecule has 0 spiro atoms. The van der Waals surface area contributed by atoms with Gasteiger partial charge in [-0.2, -0.15) is 11.8 Å². The summed E-state index contributed by atoms with van der Waals surface area (Å²) in [6.07, 6.45) is 5.33. The molecule has 2 N–H and O–H groups in total. The van der Waals surface area contributed by atoms with Crippen LogP contribution in [0.4, 0.5) is 0 Å². The summed E-state index contributed by atoms with van der Waals surface area (Å²) in [5, 5.41) is 0. The second-order valence-electron chi connectivity index (χ2n) is 4.91. The van der Waals surface area contributed by atoms with Crippen LogP contribution in [0.25, 0.3) is 0 Å². The van der Waals surface area contributed by atoms with Crippen LogP contribution in [-0.2, 0) is 4.79 Å². The van der Waals surface area contributed by atoms with Gasteiger partial charge in [-0.25, -0.2) is 0 Å². The first-order chi connectivity index (χ1) is 7.77. The molecule has 0 aromatic heterocycles. The molecular weight excluding hydrogens is 256 g/mol. The van der Waals surface area contributed by atoms with Gasteiger partial charge in [0.1, 0.15) is 0 Å². The molecule has 1 saturated heterocycles. The van der Waals surface area contributed by atoms with Gasteiger partial charge in [-0.05, 0) is 31.4 Å². The number of carbonyl (C=O) groups is 1. The summed E-state index contributed by atoms with van der Waals surface area (Å²) in [4.78, 5) is 14.4. The molecule has 2 aliphatic rings. The number of nitrogens with two attached hydrogens (primary N) is 1. The Balaban J connectivity index is 0.00000144. The van der Waals surface area contributed by atoms with Crippen LogP contribution in [-0.4, -0.2) is 41.4 Å². The van der Waals surface area contributed by atoms with E-state index in [9.17, 15) is 4.79 Å². The second kappa shape index (κ2) is 7.49. The van der Waals surface area contributed by atoms with E-state index in [4.69, 9.17) is 5.73 Å². The smallest absolute Gasteiger partial charge is 0.225 e. The van der Waals surface area contributed by atoms with E-state index in [1.807, 2.05) is 11.8 Å². The fourth-order valence-corrected chi connectivity index (χ4v) is 3.56. The van der Waals surface area contributed by atoms with Gasteiger partial charge in [0.15, 0.2) is 0 Å². The van der Waals surface area contributed by atoms with Crippen molar-refractivity contribution in [3.63, 3.8) is 0 Å². The molecule has 3 nitrogen and oxygen atoms in total. The van der Waals surface area contributed by atoms with Crippen molar-refractivity contribution in [2.45, 2.75) is 38.1 Å². The molecule has 17 heavy (non-hydrogen) atoms. The number of rotatable bonds is 1. The number of hydrogen-bond donors (Lipinski definition) is 1. The van der Waals surface area contributed by atoms with Gasteiger partial charge in [-0.1, -0.05) is 6.42 Å². The number of nitrogens with zero attached hydrogens (tertiary/aromatic N) is 1. The SMILES string of the molecule is Cl.NC1CCCC(C(=O)N2CCCSCC2)C1. The summed E-state index contributed by atoms with van der Waals surface area (Å²) in [7, 11) is 0. The predicted molar refractivity (Wildman–Crippen MR) is 75.7 cm³/mol. The van der Waals surface area contributed by atoms with Gasteiger partial charge < -0.3 is 10.6 Å². The summed E-state index contributed by atoms with van der Waals surface area (Å²) < 4.78 is 0. The molecule has 0 aromatic carbocycles. The Morgan fingerprint density at radius 1 is 1.18 bits per heavy atom. The topological polar surface area (TPSA) is 46.3 Å². The molecule has 1 saturated carbocycles. The standard InChI is InChI=1S/C12H22N2OS.ClH/c13-11-4-1-3-10(9-11)12(15)14-5-2-7-16-8-6-14;/h10-11H,1-9,13H2;1H. The van der Waals surface area contributed by atoms with E-state index < -0.39 is 0 Å². The monoisotopic (exact) mass is 278 g/mol. The third-order valence-corrected chi connectivity index (χ3v) is 4.65. The first kappa shape index (κ1) is 15.1. The van der Waals surface area contributed by atoms with Crippen LogP contribution in [0.3, 0.4) is 0 Å². The molecule has 5 heteroatoms. The zero-order valence-electron chi connectivity index (χ0n) is 10.3. The van der Waals surface area contributed by atoms with Crippen molar-refractivity contribution in [1.82, 2.24) is 4.90 Å². The zero-order chi connectivity index (χ0) is 11.4. The van der Waals surface area contributed by atoms with Gasteiger partial charge in [-0.15, -0.1) is 12.4 Å². The van der Waals surface area contributed by atoms with Crippen LogP contribution in [0.2, 0.25) is 0 Å². The van der Waals surface area contributed by atoms with E-state index in [1.165, 1.54) is 5.75 Å². The van der Waals surface area contributed by atoms with Crippen molar-refractivity contribution >= 4 is 30.1 Å². The number of amides is 1. The van der Waals surface area contributed by atoms with Crippen LogP contribution < -0.4 is 5.73 Å². The Morgan fingerprint density at radius 2 is 2.00 bits per heavy atom. The Bertz CT molecular complexity index is 241. The highest BCUT2D eigenvalue weighted by Gasteiger charge is 2.29. The third-order valence-electron chi connectivity index (χ3n) is 3.60. The third kappa shape index (κ3) is 4.34. The fourth-order valence-electron chi connectivity index (χ4n) is 2.68. The van der Waals surface area contributed by atoms with Gasteiger partial charge in [0.2, 0.25) is 5.91 Å². The molecule has 2 atom stereocenters. The van der Waals surface area contributed by atoms with Crippen molar-refractivity contribution in [3.8, 4) is 0 Å². The van der Waals surface area contributed by atoms with Crippen LogP contribution in [0.15, 0.2) is 0 Å². The minimum absolute atomic E-state index is 0. The summed E-state index contributed by atoms with van der Waals surface area (Å²) in [5.74, 6) is 2.89. The molecule has 1 aliphatic carbocycles. The van der Waals surface area contributed by atoms with Crippen molar-refractivity contribution in [2.24, 2.45) is 11.7 Å². The van der Waals surface area contributed by atoms with Crippen LogP contribution in [0, 0.1) is 5.92 Å². The van der Waals surface area contributed by atoms with E-state index in [0.29, 0.717) is 5.91 Å². The number of carbonyl (C=O) groups excluding carboxylic acids is 1. The zero-order valence-corrected chi connectivity index (χ0v) is 11.9. The lowest BCUT2D eigenvalue weighted by atomic mass is 9.85. The van der Waals surface area contributed by atoms with Crippen LogP contribution >= 0.6 is 24.2 Å². The quantitative estimate of drug-likeness (QED) is 0.797. The second-order valence-corrected chi connectivity index (χ2v) is 6.14. The van der Waals surface area contributed by atoms with E-state index in [1.54, 1.807) is 0 Å². The van der Waals surface area contributed by atoms with E-state index in [0.717, 1.165) is 50.9 Å². The molecule has 0 aromatic rings. The first-order valence-corrected chi connectivity index (χ1v) is 7.55. The average Bonchev–Trinajstić information content (AvgIpc) is 2.56. The fraction of sp³-hybridized carbons (Fsp3) is 0.917. The van der Waals surface area contributed by atoms with E-state index in [2.05, 4.69) is 4.90 Å². The summed E-state index contributed by atoms with van der Waals surface area (Å²) in [6, 6.07) is 0.254. The number of thioether (sulfide) groups is 1. The largest absolute Gasteiger partial charge is 0.342 e. The summed E-state index contributed by atoms with van der Waals surface area (Å²) in [6.45, 7) is 1.90. The Labute approximate surface area is 114 Å². The highest BCUT2D eigenvalue weighted by Crippen LogP contribution is 2.25. The van der Waals surface area contributed by atoms with E-state index >= 15 is 0 Å². The highest BCUT2D eigenvalue weighted by molar-refractivity contribution is 7.99. The maximum absolute atomic E-state index is 12.3. The van der Waals surface area contributed by atoms with Crippen molar-refractivity contribution in [1.29, 1.82) is 0 Å². The van der Waals surface area contributed by atoms with Gasteiger partial charge in [0, 0.05) is 30.8 Å². The Morgan fingerprint density at radius 3 is 2.76 bits per heavy atom. The Hall–Kier alpha value is 0.0700. The van der Waals surface area contributed by atoms with Crippen molar-refractivity contribution in [3.05, 3.63) is 0 Å². The lowest BCUT2D eigenvalue weighted by molar-refractivity contribution is -0.136. The molecule has 2 unspecified atom stereocenters. The highest BCUT2D eigenvalue weighted by atomic mass is 35.5. The molecular formula is C12H23ClN2OS. The lowest BCUT2D eigenvalue weighted by Gasteiger charge is -2.30. The Kier molecular flexibility index (Phi) is 6.67. The minimum Gasteiger partial charge on any atom is -0.342 e. The molecule has 1 amide bonds.